The van der Waals surface area contributed by atoms with Crippen LogP contribution in [0.15, 0.2) is 0 Å². The summed E-state index contributed by atoms with van der Waals surface area (Å²) in [5.41, 5.74) is 0.142. The van der Waals surface area contributed by atoms with Crippen LogP contribution in [-0.4, -0.2) is 23.0 Å². The third-order valence-corrected chi connectivity index (χ3v) is 4.99. The molecule has 0 aliphatic heterocycles. The van der Waals surface area contributed by atoms with Gasteiger partial charge >= 0.3 is 5.97 Å². The van der Waals surface area contributed by atoms with Gasteiger partial charge in [-0.3, -0.25) is 9.59 Å². The van der Waals surface area contributed by atoms with Gasteiger partial charge in [0.15, 0.2) is 0 Å². The minimum atomic E-state index is -0.814. The molecule has 3 atom stereocenters. The van der Waals surface area contributed by atoms with E-state index in [1.807, 2.05) is 0 Å². The Labute approximate surface area is 115 Å². The fraction of sp³-hybridized carbons (Fsp3) is 0.867. The maximum Gasteiger partial charge on any atom is 0.307 e. The average Bonchev–Trinajstić information content (AvgIpc) is 2.68. The zero-order chi connectivity index (χ0) is 14.0. The number of nitrogens with one attached hydrogen (secondary N) is 1. The molecule has 19 heavy (non-hydrogen) atoms. The Morgan fingerprint density at radius 1 is 1.05 bits per heavy atom. The van der Waals surface area contributed by atoms with Crippen LogP contribution in [0.5, 0.6) is 0 Å². The van der Waals surface area contributed by atoms with Gasteiger partial charge in [0.2, 0.25) is 5.91 Å². The summed E-state index contributed by atoms with van der Waals surface area (Å²) in [5, 5.41) is 12.4. The van der Waals surface area contributed by atoms with E-state index in [4.69, 9.17) is 0 Å². The lowest BCUT2D eigenvalue weighted by Gasteiger charge is -2.32. The average molecular weight is 267 g/mol. The molecule has 2 rings (SSSR count). The van der Waals surface area contributed by atoms with Gasteiger partial charge in [-0.25, -0.2) is 0 Å². The molecule has 0 aromatic carbocycles. The van der Waals surface area contributed by atoms with Crippen molar-refractivity contribution in [2.45, 2.75) is 64.8 Å². The van der Waals surface area contributed by atoms with E-state index in [-0.39, 0.29) is 23.3 Å². The number of carbonyl (C=O) groups excluding carboxylic acids is 1. The van der Waals surface area contributed by atoms with Crippen LogP contribution in [0.4, 0.5) is 0 Å². The smallest absolute Gasteiger partial charge is 0.307 e. The molecule has 4 nitrogen and oxygen atoms in total. The molecule has 108 valence electrons. The van der Waals surface area contributed by atoms with Gasteiger partial charge in [-0.05, 0) is 31.1 Å². The van der Waals surface area contributed by atoms with Crippen molar-refractivity contribution in [2.24, 2.45) is 17.3 Å². The summed E-state index contributed by atoms with van der Waals surface area (Å²) in [6, 6.07) is 0.205. The van der Waals surface area contributed by atoms with Crippen molar-refractivity contribution in [1.82, 2.24) is 5.32 Å². The van der Waals surface area contributed by atoms with Gasteiger partial charge < -0.3 is 10.4 Å². The van der Waals surface area contributed by atoms with Crippen LogP contribution in [0.1, 0.15) is 58.8 Å². The minimum Gasteiger partial charge on any atom is -0.481 e. The third-order valence-electron chi connectivity index (χ3n) is 4.99. The number of amides is 1. The van der Waals surface area contributed by atoms with Crippen molar-refractivity contribution >= 4 is 11.9 Å². The van der Waals surface area contributed by atoms with Crippen molar-refractivity contribution in [1.29, 1.82) is 0 Å². The van der Waals surface area contributed by atoms with E-state index in [9.17, 15) is 14.7 Å². The van der Waals surface area contributed by atoms with Gasteiger partial charge in [-0.1, -0.05) is 33.1 Å². The highest BCUT2D eigenvalue weighted by Crippen LogP contribution is 2.38. The molecule has 2 N–H and O–H groups in total. The van der Waals surface area contributed by atoms with Gasteiger partial charge in [0.05, 0.1) is 11.8 Å². The Bertz CT molecular complexity index is 364. The Kier molecular flexibility index (Phi) is 4.16. The van der Waals surface area contributed by atoms with E-state index in [0.29, 0.717) is 6.42 Å². The van der Waals surface area contributed by atoms with E-state index in [1.165, 1.54) is 0 Å². The van der Waals surface area contributed by atoms with Gasteiger partial charge in [0.1, 0.15) is 0 Å². The van der Waals surface area contributed by atoms with E-state index in [2.05, 4.69) is 19.2 Å². The van der Waals surface area contributed by atoms with Gasteiger partial charge in [-0.2, -0.15) is 0 Å². The lowest BCUT2D eigenvalue weighted by molar-refractivity contribution is -0.149. The first-order chi connectivity index (χ1) is 8.92. The molecule has 4 heteroatoms. The quantitative estimate of drug-likeness (QED) is 0.826. The molecule has 0 heterocycles. The number of carbonyl (C=O) groups is 2. The van der Waals surface area contributed by atoms with Gasteiger partial charge in [0, 0.05) is 6.04 Å². The summed E-state index contributed by atoms with van der Waals surface area (Å²) in [4.78, 5) is 23.6. The second-order valence-electron chi connectivity index (χ2n) is 6.78. The summed E-state index contributed by atoms with van der Waals surface area (Å²) >= 11 is 0. The highest BCUT2D eigenvalue weighted by atomic mass is 16.4. The van der Waals surface area contributed by atoms with E-state index in [0.717, 1.165) is 38.5 Å². The summed E-state index contributed by atoms with van der Waals surface area (Å²) in [7, 11) is 0. The normalized spacial score (nSPS) is 33.9. The van der Waals surface area contributed by atoms with Gasteiger partial charge in [0.25, 0.3) is 0 Å². The van der Waals surface area contributed by atoms with Crippen molar-refractivity contribution < 1.29 is 14.7 Å². The first-order valence-corrected chi connectivity index (χ1v) is 7.45. The lowest BCUT2D eigenvalue weighted by Crippen LogP contribution is -2.47. The molecule has 1 amide bonds. The second kappa shape index (κ2) is 5.51. The molecule has 2 fully saturated rings. The second-order valence-corrected chi connectivity index (χ2v) is 6.78. The number of hydrogen-bond acceptors (Lipinski definition) is 2. The molecular formula is C15H25NO3. The van der Waals surface area contributed by atoms with Crippen molar-refractivity contribution in [3.8, 4) is 0 Å². The number of aliphatic carboxylic acids is 1. The van der Waals surface area contributed by atoms with E-state index in [1.54, 1.807) is 0 Å². The summed E-state index contributed by atoms with van der Waals surface area (Å²) in [5.74, 6) is -1.67. The number of carboxylic acid groups (broad SMARTS) is 1. The van der Waals surface area contributed by atoms with Crippen LogP contribution in [0.25, 0.3) is 0 Å². The van der Waals surface area contributed by atoms with Crippen molar-refractivity contribution in [2.75, 3.05) is 0 Å². The van der Waals surface area contributed by atoms with Crippen LogP contribution < -0.4 is 5.32 Å². The molecule has 1 unspecified atom stereocenters. The lowest BCUT2D eigenvalue weighted by atomic mass is 9.78. The molecule has 2 saturated carbocycles. The Balaban J connectivity index is 2.00. The van der Waals surface area contributed by atoms with Crippen LogP contribution in [0.3, 0.4) is 0 Å². The zero-order valence-electron chi connectivity index (χ0n) is 11.9. The highest BCUT2D eigenvalue weighted by Gasteiger charge is 2.40. The maximum atomic E-state index is 12.4. The molecule has 0 radical (unpaired) electrons. The molecule has 2 aliphatic carbocycles. The molecule has 2 aliphatic rings. The molecule has 0 saturated heterocycles. The fourth-order valence-electron chi connectivity index (χ4n) is 3.61. The molecule has 0 bridgehead atoms. The Hall–Kier alpha value is -1.06. The Morgan fingerprint density at radius 3 is 2.21 bits per heavy atom. The monoisotopic (exact) mass is 267 g/mol. The predicted octanol–water partition coefficient (Wildman–Crippen LogP) is 2.57. The van der Waals surface area contributed by atoms with Crippen LogP contribution in [0.2, 0.25) is 0 Å². The topological polar surface area (TPSA) is 66.4 Å². The van der Waals surface area contributed by atoms with Crippen molar-refractivity contribution in [3.63, 3.8) is 0 Å². The van der Waals surface area contributed by atoms with Crippen LogP contribution in [-0.2, 0) is 9.59 Å². The highest BCUT2D eigenvalue weighted by molar-refractivity contribution is 5.85. The fourth-order valence-corrected chi connectivity index (χ4v) is 3.61. The first-order valence-electron chi connectivity index (χ1n) is 7.45. The maximum absolute atomic E-state index is 12.4. The van der Waals surface area contributed by atoms with E-state index < -0.39 is 11.9 Å². The number of hydrogen-bond donors (Lipinski definition) is 2. The minimum absolute atomic E-state index is 0.0351. The van der Waals surface area contributed by atoms with Crippen LogP contribution in [0, 0.1) is 17.3 Å². The number of rotatable bonds is 3. The van der Waals surface area contributed by atoms with Crippen LogP contribution >= 0.6 is 0 Å². The van der Waals surface area contributed by atoms with E-state index >= 15 is 0 Å². The third kappa shape index (κ3) is 3.10. The largest absolute Gasteiger partial charge is 0.481 e. The molecule has 0 aromatic rings. The standard InChI is InChI=1S/C15H25NO3/c1-15(2)9-5-8-12(15)16-13(17)10-6-3-4-7-11(10)14(18)19/h10-12H,3-9H2,1-2H3,(H,16,17)(H,18,19)/t10-,11+,12?/m1/s1. The van der Waals surface area contributed by atoms with Gasteiger partial charge in [-0.15, -0.1) is 0 Å². The SMILES string of the molecule is CC1(C)CCCC1NC(=O)[C@@H]1CCCC[C@@H]1C(=O)O. The zero-order valence-corrected chi connectivity index (χ0v) is 11.9. The van der Waals surface area contributed by atoms with Crippen molar-refractivity contribution in [3.05, 3.63) is 0 Å². The summed E-state index contributed by atoms with van der Waals surface area (Å²) in [6.07, 6.45) is 6.54. The Morgan fingerprint density at radius 2 is 1.68 bits per heavy atom. The predicted molar refractivity (Wildman–Crippen MR) is 72.6 cm³/mol. The molecule has 0 spiro atoms. The summed E-state index contributed by atoms with van der Waals surface area (Å²) < 4.78 is 0. The summed E-state index contributed by atoms with van der Waals surface area (Å²) in [6.45, 7) is 4.36. The first kappa shape index (κ1) is 14.4. The molecule has 0 aromatic heterocycles. The molecular weight excluding hydrogens is 242 g/mol. The number of carboxylic acids is 1.